The molecule has 1 aliphatic heterocycles. The van der Waals surface area contributed by atoms with Gasteiger partial charge in [0.25, 0.3) is 0 Å². The predicted octanol–water partition coefficient (Wildman–Crippen LogP) is 2.45. The Morgan fingerprint density at radius 3 is 2.73 bits per heavy atom. The van der Waals surface area contributed by atoms with Crippen molar-refractivity contribution in [2.75, 3.05) is 33.4 Å². The van der Waals surface area contributed by atoms with Crippen molar-refractivity contribution < 1.29 is 9.13 Å². The lowest BCUT2D eigenvalue weighted by Crippen LogP contribution is -2.48. The highest BCUT2D eigenvalue weighted by atomic mass is 19.1. The summed E-state index contributed by atoms with van der Waals surface area (Å²) in [5.74, 6) is 0.612. The summed E-state index contributed by atoms with van der Waals surface area (Å²) in [7, 11) is 1.77. The summed E-state index contributed by atoms with van der Waals surface area (Å²) < 4.78 is 19.1. The molecule has 2 N–H and O–H groups in total. The lowest BCUT2D eigenvalue weighted by Gasteiger charge is -2.38. The van der Waals surface area contributed by atoms with Gasteiger partial charge in [-0.15, -0.1) is 0 Å². The van der Waals surface area contributed by atoms with Gasteiger partial charge in [-0.1, -0.05) is 19.1 Å². The van der Waals surface area contributed by atoms with Crippen molar-refractivity contribution in [3.63, 3.8) is 0 Å². The quantitative estimate of drug-likeness (QED) is 0.649. The van der Waals surface area contributed by atoms with Gasteiger partial charge in [0.2, 0.25) is 0 Å². The molecule has 5 heteroatoms. The number of hydrogen-bond acceptors (Lipinski definition) is 2. The zero-order chi connectivity index (χ0) is 15.8. The first-order valence-electron chi connectivity index (χ1n) is 7.98. The summed E-state index contributed by atoms with van der Waals surface area (Å²) in [6.07, 6.45) is 2.81. The van der Waals surface area contributed by atoms with Crippen molar-refractivity contribution in [3.8, 4) is 0 Å². The highest BCUT2D eigenvalue weighted by Crippen LogP contribution is 2.34. The number of guanidine groups is 1. The van der Waals surface area contributed by atoms with Crippen LogP contribution in [0.15, 0.2) is 29.3 Å². The van der Waals surface area contributed by atoms with Crippen LogP contribution in [0, 0.1) is 5.82 Å². The van der Waals surface area contributed by atoms with Crippen molar-refractivity contribution in [2.24, 2.45) is 4.99 Å². The number of nitrogens with zero attached hydrogens (tertiary/aromatic N) is 1. The molecule has 1 aliphatic rings. The number of rotatable bonds is 5. The van der Waals surface area contributed by atoms with Crippen molar-refractivity contribution in [3.05, 3.63) is 35.6 Å². The van der Waals surface area contributed by atoms with Gasteiger partial charge >= 0.3 is 0 Å². The fraction of sp³-hybridized carbons (Fsp3) is 0.588. The molecule has 0 unspecified atom stereocenters. The van der Waals surface area contributed by atoms with E-state index in [2.05, 4.69) is 22.5 Å². The van der Waals surface area contributed by atoms with Crippen molar-refractivity contribution in [1.82, 2.24) is 10.6 Å². The van der Waals surface area contributed by atoms with Gasteiger partial charge in [0, 0.05) is 38.8 Å². The van der Waals surface area contributed by atoms with Crippen LogP contribution in [0.2, 0.25) is 0 Å². The molecule has 0 spiro atoms. The van der Waals surface area contributed by atoms with Gasteiger partial charge in [0.1, 0.15) is 5.82 Å². The second-order valence-corrected chi connectivity index (χ2v) is 5.76. The molecule has 1 heterocycles. The summed E-state index contributed by atoms with van der Waals surface area (Å²) >= 11 is 0. The molecule has 1 aromatic rings. The monoisotopic (exact) mass is 307 g/mol. The van der Waals surface area contributed by atoms with Gasteiger partial charge in [-0.2, -0.15) is 0 Å². The summed E-state index contributed by atoms with van der Waals surface area (Å²) in [5.41, 5.74) is 0.929. The molecule has 0 radical (unpaired) electrons. The normalized spacial score (nSPS) is 18.0. The van der Waals surface area contributed by atoms with Crippen LogP contribution in [0.3, 0.4) is 0 Å². The summed E-state index contributed by atoms with van der Waals surface area (Å²) in [6, 6.07) is 6.94. The molecule has 1 fully saturated rings. The second-order valence-electron chi connectivity index (χ2n) is 5.76. The van der Waals surface area contributed by atoms with E-state index in [-0.39, 0.29) is 11.2 Å². The Morgan fingerprint density at radius 1 is 1.32 bits per heavy atom. The van der Waals surface area contributed by atoms with E-state index in [4.69, 9.17) is 4.74 Å². The molecule has 1 saturated heterocycles. The zero-order valence-corrected chi connectivity index (χ0v) is 13.5. The Labute approximate surface area is 132 Å². The topological polar surface area (TPSA) is 45.7 Å². The van der Waals surface area contributed by atoms with Crippen LogP contribution in [-0.2, 0) is 10.2 Å². The van der Waals surface area contributed by atoms with Gasteiger partial charge in [-0.3, -0.25) is 4.99 Å². The molecule has 0 amide bonds. The number of nitrogens with one attached hydrogen (secondary N) is 2. The number of benzene rings is 1. The maximum atomic E-state index is 13.6. The van der Waals surface area contributed by atoms with E-state index in [0.29, 0.717) is 13.2 Å². The average molecular weight is 307 g/mol. The number of hydrogen-bond donors (Lipinski definition) is 2. The Balaban J connectivity index is 2.12. The fourth-order valence-corrected chi connectivity index (χ4v) is 2.86. The first-order valence-corrected chi connectivity index (χ1v) is 7.98. The minimum atomic E-state index is -0.183. The lowest BCUT2D eigenvalue weighted by atomic mass is 9.74. The van der Waals surface area contributed by atoms with Crippen LogP contribution < -0.4 is 10.6 Å². The third-order valence-corrected chi connectivity index (χ3v) is 4.25. The molecular formula is C17H26FN3O. The van der Waals surface area contributed by atoms with Crippen LogP contribution in [0.4, 0.5) is 4.39 Å². The molecule has 22 heavy (non-hydrogen) atoms. The molecule has 4 nitrogen and oxygen atoms in total. The number of aliphatic imine (C=N–C) groups is 1. The smallest absolute Gasteiger partial charge is 0.191 e. The van der Waals surface area contributed by atoms with Crippen LogP contribution >= 0.6 is 0 Å². The van der Waals surface area contributed by atoms with Crippen LogP contribution in [-0.4, -0.2) is 39.3 Å². The van der Waals surface area contributed by atoms with Gasteiger partial charge in [0.15, 0.2) is 5.96 Å². The molecule has 0 bridgehead atoms. The van der Waals surface area contributed by atoms with E-state index >= 15 is 0 Å². The van der Waals surface area contributed by atoms with E-state index in [1.54, 1.807) is 19.2 Å². The molecular weight excluding hydrogens is 281 g/mol. The van der Waals surface area contributed by atoms with Gasteiger partial charge in [-0.05, 0) is 37.0 Å². The summed E-state index contributed by atoms with van der Waals surface area (Å²) in [5, 5.41) is 6.67. The minimum absolute atomic E-state index is 0.107. The molecule has 0 saturated carbocycles. The second kappa shape index (κ2) is 8.13. The lowest BCUT2D eigenvalue weighted by molar-refractivity contribution is 0.0513. The minimum Gasteiger partial charge on any atom is -0.381 e. The van der Waals surface area contributed by atoms with E-state index in [1.807, 2.05) is 6.07 Å². The van der Waals surface area contributed by atoms with Crippen LogP contribution in [0.1, 0.15) is 31.7 Å². The van der Waals surface area contributed by atoms with Crippen molar-refractivity contribution in [2.45, 2.75) is 31.6 Å². The third-order valence-electron chi connectivity index (χ3n) is 4.25. The Bertz CT molecular complexity index is 498. The highest BCUT2D eigenvalue weighted by Gasteiger charge is 2.34. The maximum Gasteiger partial charge on any atom is 0.191 e. The summed E-state index contributed by atoms with van der Waals surface area (Å²) in [4.78, 5) is 4.24. The first-order chi connectivity index (χ1) is 10.7. The Morgan fingerprint density at radius 2 is 2.09 bits per heavy atom. The van der Waals surface area contributed by atoms with E-state index in [1.165, 1.54) is 6.07 Å². The molecule has 0 aliphatic carbocycles. The van der Waals surface area contributed by atoms with Crippen molar-refractivity contribution in [1.29, 1.82) is 0 Å². The van der Waals surface area contributed by atoms with Gasteiger partial charge in [0.05, 0.1) is 0 Å². The van der Waals surface area contributed by atoms with Crippen molar-refractivity contribution >= 4 is 5.96 Å². The SMILES string of the molecule is CCCNC(=NC)NCC1(c2cccc(F)c2)CCOCC1. The van der Waals surface area contributed by atoms with Gasteiger partial charge in [-0.25, -0.2) is 4.39 Å². The number of halogens is 1. The van der Waals surface area contributed by atoms with E-state index in [9.17, 15) is 4.39 Å². The molecule has 2 rings (SSSR count). The van der Waals surface area contributed by atoms with Crippen LogP contribution in [0.5, 0.6) is 0 Å². The largest absolute Gasteiger partial charge is 0.381 e. The van der Waals surface area contributed by atoms with E-state index < -0.39 is 0 Å². The molecule has 1 aromatic carbocycles. The van der Waals surface area contributed by atoms with E-state index in [0.717, 1.165) is 43.9 Å². The predicted molar refractivity (Wildman–Crippen MR) is 87.8 cm³/mol. The fourth-order valence-electron chi connectivity index (χ4n) is 2.86. The standard InChI is InChI=1S/C17H26FN3O/c1-3-9-20-16(19-2)21-13-17(7-10-22-11-8-17)14-5-4-6-15(18)12-14/h4-6,12H,3,7-11,13H2,1-2H3,(H2,19,20,21). The first kappa shape index (κ1) is 16.7. The third kappa shape index (κ3) is 4.19. The molecule has 0 atom stereocenters. The summed E-state index contributed by atoms with van der Waals surface area (Å²) in [6.45, 7) is 5.14. The Hall–Kier alpha value is -1.62. The number of ether oxygens (including phenoxy) is 1. The Kier molecular flexibility index (Phi) is 6.19. The van der Waals surface area contributed by atoms with Gasteiger partial charge < -0.3 is 15.4 Å². The molecule has 122 valence electrons. The van der Waals surface area contributed by atoms with Crippen LogP contribution in [0.25, 0.3) is 0 Å². The average Bonchev–Trinajstić information content (AvgIpc) is 2.56. The zero-order valence-electron chi connectivity index (χ0n) is 13.5. The maximum absolute atomic E-state index is 13.6. The molecule has 0 aromatic heterocycles. The highest BCUT2D eigenvalue weighted by molar-refractivity contribution is 5.79.